The predicted octanol–water partition coefficient (Wildman–Crippen LogP) is 3.73. The van der Waals surface area contributed by atoms with E-state index in [4.69, 9.17) is 9.97 Å². The van der Waals surface area contributed by atoms with Gasteiger partial charge in [-0.3, -0.25) is 9.69 Å². The van der Waals surface area contributed by atoms with Gasteiger partial charge < -0.3 is 16.0 Å². The van der Waals surface area contributed by atoms with Crippen LogP contribution in [0.1, 0.15) is 6.42 Å². The SMILES string of the molecule is CNC(=O)CN1CCC(Nc2nc(-c3ccnc(Nc4ccccc4)c3)nc3ccsc23)C1. The Morgan fingerprint density at radius 2 is 2.06 bits per heavy atom. The summed E-state index contributed by atoms with van der Waals surface area (Å²) in [5.41, 5.74) is 2.79. The number of likely N-dealkylation sites (tertiary alicyclic amines) is 1. The van der Waals surface area contributed by atoms with Gasteiger partial charge in [-0.15, -0.1) is 11.3 Å². The van der Waals surface area contributed by atoms with Crippen molar-refractivity contribution < 1.29 is 4.79 Å². The number of pyridine rings is 1. The quantitative estimate of drug-likeness (QED) is 0.388. The summed E-state index contributed by atoms with van der Waals surface area (Å²) in [6.45, 7) is 2.11. The second-order valence-corrected chi connectivity index (χ2v) is 8.91. The van der Waals surface area contributed by atoms with Crippen molar-refractivity contribution in [1.29, 1.82) is 0 Å². The maximum absolute atomic E-state index is 11.7. The van der Waals surface area contributed by atoms with Crippen LogP contribution in [0.15, 0.2) is 60.1 Å². The molecule has 3 N–H and O–H groups in total. The van der Waals surface area contributed by atoms with Crippen molar-refractivity contribution in [2.75, 3.05) is 37.3 Å². The molecule has 1 aliphatic heterocycles. The fourth-order valence-electron chi connectivity index (χ4n) is 3.97. The van der Waals surface area contributed by atoms with Crippen molar-refractivity contribution >= 4 is 44.8 Å². The van der Waals surface area contributed by atoms with Gasteiger partial charge in [-0.25, -0.2) is 15.0 Å². The zero-order valence-corrected chi connectivity index (χ0v) is 19.1. The molecule has 1 unspecified atom stereocenters. The van der Waals surface area contributed by atoms with Crippen molar-refractivity contribution in [1.82, 2.24) is 25.2 Å². The zero-order valence-electron chi connectivity index (χ0n) is 18.3. The van der Waals surface area contributed by atoms with E-state index in [2.05, 4.69) is 25.8 Å². The molecule has 0 radical (unpaired) electrons. The smallest absolute Gasteiger partial charge is 0.233 e. The Balaban J connectivity index is 1.38. The molecule has 33 heavy (non-hydrogen) atoms. The van der Waals surface area contributed by atoms with Crippen LogP contribution in [-0.2, 0) is 4.79 Å². The largest absolute Gasteiger partial charge is 0.365 e. The highest BCUT2D eigenvalue weighted by Crippen LogP contribution is 2.31. The van der Waals surface area contributed by atoms with Gasteiger partial charge >= 0.3 is 0 Å². The molecular formula is C24H25N7OS. The maximum atomic E-state index is 11.7. The number of fused-ring (bicyclic) bond motifs is 1. The minimum absolute atomic E-state index is 0.0400. The third-order valence-electron chi connectivity index (χ3n) is 5.63. The molecule has 0 spiro atoms. The second kappa shape index (κ2) is 9.51. The van der Waals surface area contributed by atoms with E-state index in [0.717, 1.165) is 52.6 Å². The van der Waals surface area contributed by atoms with E-state index in [-0.39, 0.29) is 11.9 Å². The molecule has 0 saturated carbocycles. The van der Waals surface area contributed by atoms with Crippen LogP contribution in [0.5, 0.6) is 0 Å². The molecule has 1 atom stereocenters. The maximum Gasteiger partial charge on any atom is 0.233 e. The number of carbonyl (C=O) groups excluding carboxylic acids is 1. The summed E-state index contributed by atoms with van der Waals surface area (Å²) >= 11 is 1.63. The molecule has 4 aromatic rings. The lowest BCUT2D eigenvalue weighted by Gasteiger charge is -2.17. The Bertz CT molecular complexity index is 1260. The minimum Gasteiger partial charge on any atom is -0.365 e. The Kier molecular flexibility index (Phi) is 6.14. The number of aromatic nitrogens is 3. The summed E-state index contributed by atoms with van der Waals surface area (Å²) in [7, 11) is 1.67. The monoisotopic (exact) mass is 459 g/mol. The number of carbonyl (C=O) groups is 1. The van der Waals surface area contributed by atoms with Crippen LogP contribution < -0.4 is 16.0 Å². The summed E-state index contributed by atoms with van der Waals surface area (Å²) in [4.78, 5) is 28.0. The topological polar surface area (TPSA) is 95.1 Å². The molecule has 4 heterocycles. The van der Waals surface area contributed by atoms with Crippen molar-refractivity contribution in [2.24, 2.45) is 0 Å². The summed E-state index contributed by atoms with van der Waals surface area (Å²) in [5, 5.41) is 11.7. The van der Waals surface area contributed by atoms with Gasteiger partial charge in [0.1, 0.15) is 11.6 Å². The zero-order chi connectivity index (χ0) is 22.6. The van der Waals surface area contributed by atoms with Gasteiger partial charge in [-0.1, -0.05) is 18.2 Å². The number of thiophene rings is 1. The summed E-state index contributed by atoms with van der Waals surface area (Å²) in [5.74, 6) is 2.27. The summed E-state index contributed by atoms with van der Waals surface area (Å²) < 4.78 is 1.04. The molecule has 1 aliphatic rings. The number of likely N-dealkylation sites (N-methyl/N-ethyl adjacent to an activating group) is 1. The number of para-hydroxylation sites is 1. The Labute approximate surface area is 196 Å². The molecule has 8 nitrogen and oxygen atoms in total. The normalized spacial score (nSPS) is 16.1. The number of hydrogen-bond donors (Lipinski definition) is 3. The van der Waals surface area contributed by atoms with Gasteiger partial charge in [0.2, 0.25) is 5.91 Å². The number of rotatable bonds is 7. The highest BCUT2D eigenvalue weighted by atomic mass is 32.1. The van der Waals surface area contributed by atoms with Gasteiger partial charge in [-0.05, 0) is 42.1 Å². The van der Waals surface area contributed by atoms with E-state index in [1.165, 1.54) is 0 Å². The van der Waals surface area contributed by atoms with E-state index in [9.17, 15) is 4.79 Å². The fraction of sp³-hybridized carbons (Fsp3) is 0.250. The Morgan fingerprint density at radius 3 is 2.91 bits per heavy atom. The number of anilines is 3. The Hall–Kier alpha value is -3.56. The van der Waals surface area contributed by atoms with Crippen molar-refractivity contribution in [3.63, 3.8) is 0 Å². The number of hydrogen-bond acceptors (Lipinski definition) is 8. The Morgan fingerprint density at radius 1 is 1.18 bits per heavy atom. The van der Waals surface area contributed by atoms with Gasteiger partial charge in [-0.2, -0.15) is 0 Å². The molecule has 1 aromatic carbocycles. The third kappa shape index (κ3) is 4.94. The van der Waals surface area contributed by atoms with Crippen LogP contribution in [0.2, 0.25) is 0 Å². The van der Waals surface area contributed by atoms with Crippen LogP contribution in [-0.4, -0.2) is 58.5 Å². The van der Waals surface area contributed by atoms with Gasteiger partial charge in [0.15, 0.2) is 5.82 Å². The lowest BCUT2D eigenvalue weighted by molar-refractivity contribution is -0.121. The lowest BCUT2D eigenvalue weighted by atomic mass is 10.2. The van der Waals surface area contributed by atoms with Gasteiger partial charge in [0.05, 0.1) is 16.8 Å². The minimum atomic E-state index is 0.0400. The predicted molar refractivity (Wildman–Crippen MR) is 133 cm³/mol. The third-order valence-corrected chi connectivity index (χ3v) is 6.54. The van der Waals surface area contributed by atoms with Crippen LogP contribution in [0.4, 0.5) is 17.3 Å². The average molecular weight is 460 g/mol. The standard InChI is InChI=1S/C24H25N7OS/c1-25-21(32)15-31-11-8-18(14-31)28-24-22-19(9-12-33-22)29-23(30-24)16-7-10-26-20(13-16)27-17-5-3-2-4-6-17/h2-7,9-10,12-13,18H,8,11,14-15H2,1H3,(H,25,32)(H,26,27)(H,28,29,30). The van der Waals surface area contributed by atoms with Crippen molar-refractivity contribution in [2.45, 2.75) is 12.5 Å². The molecule has 0 aliphatic carbocycles. The van der Waals surface area contributed by atoms with Crippen LogP contribution in [0.3, 0.4) is 0 Å². The molecule has 5 rings (SSSR count). The summed E-state index contributed by atoms with van der Waals surface area (Å²) in [6.07, 6.45) is 2.73. The molecule has 1 fully saturated rings. The highest BCUT2D eigenvalue weighted by molar-refractivity contribution is 7.17. The van der Waals surface area contributed by atoms with E-state index in [1.54, 1.807) is 24.6 Å². The number of nitrogens with zero attached hydrogens (tertiary/aromatic N) is 4. The van der Waals surface area contributed by atoms with Crippen LogP contribution in [0, 0.1) is 0 Å². The summed E-state index contributed by atoms with van der Waals surface area (Å²) in [6, 6.07) is 16.1. The molecule has 0 bridgehead atoms. The first-order valence-electron chi connectivity index (χ1n) is 10.9. The first kappa shape index (κ1) is 21.3. The van der Waals surface area contributed by atoms with Crippen molar-refractivity contribution in [3.8, 4) is 11.4 Å². The number of amides is 1. The van der Waals surface area contributed by atoms with Crippen LogP contribution >= 0.6 is 11.3 Å². The molecule has 1 saturated heterocycles. The molecule has 1 amide bonds. The van der Waals surface area contributed by atoms with Gasteiger partial charge in [0.25, 0.3) is 0 Å². The fourth-order valence-corrected chi connectivity index (χ4v) is 4.75. The van der Waals surface area contributed by atoms with Crippen molar-refractivity contribution in [3.05, 3.63) is 60.1 Å². The van der Waals surface area contributed by atoms with Gasteiger partial charge in [0, 0.05) is 43.6 Å². The second-order valence-electron chi connectivity index (χ2n) is 7.99. The molecule has 3 aromatic heterocycles. The average Bonchev–Trinajstić information content (AvgIpc) is 3.49. The van der Waals surface area contributed by atoms with E-state index < -0.39 is 0 Å². The van der Waals surface area contributed by atoms with Crippen LogP contribution in [0.25, 0.3) is 21.6 Å². The highest BCUT2D eigenvalue weighted by Gasteiger charge is 2.25. The molecule has 9 heteroatoms. The molecule has 168 valence electrons. The van der Waals surface area contributed by atoms with E-state index >= 15 is 0 Å². The number of nitrogens with one attached hydrogen (secondary N) is 3. The lowest BCUT2D eigenvalue weighted by Crippen LogP contribution is -2.35. The number of benzene rings is 1. The first-order valence-corrected chi connectivity index (χ1v) is 11.8. The molecular weight excluding hydrogens is 434 g/mol. The van der Waals surface area contributed by atoms with E-state index in [0.29, 0.717) is 12.4 Å². The first-order chi connectivity index (χ1) is 16.2. The van der Waals surface area contributed by atoms with E-state index in [1.807, 2.05) is 53.9 Å².